The predicted molar refractivity (Wildman–Crippen MR) is 70.5 cm³/mol. The summed E-state index contributed by atoms with van der Waals surface area (Å²) in [6.07, 6.45) is 1.37. The van der Waals surface area contributed by atoms with E-state index >= 15 is 0 Å². The Morgan fingerprint density at radius 1 is 1.14 bits per heavy atom. The molecule has 0 radical (unpaired) electrons. The van der Waals surface area contributed by atoms with E-state index in [1.54, 1.807) is 6.07 Å². The monoisotopic (exact) mass is 288 g/mol. The fraction of sp³-hybridized carbons (Fsp3) is 0. The number of nitrogens with two attached hydrogens (primary N) is 1. The summed E-state index contributed by atoms with van der Waals surface area (Å²) in [5.74, 6) is -2.76. The summed E-state index contributed by atoms with van der Waals surface area (Å²) >= 11 is 0. The summed E-state index contributed by atoms with van der Waals surface area (Å²) < 4.78 is 40.4. The second-order valence-corrected chi connectivity index (χ2v) is 4.38. The van der Waals surface area contributed by atoms with Crippen LogP contribution in [0.5, 0.6) is 0 Å². The number of nitrogen functional groups attached to an aromatic ring is 1. The average Bonchev–Trinajstić information content (AvgIpc) is 2.85. The van der Waals surface area contributed by atoms with Gasteiger partial charge in [0.15, 0.2) is 11.6 Å². The zero-order valence-corrected chi connectivity index (χ0v) is 10.4. The minimum Gasteiger partial charge on any atom is -0.381 e. The van der Waals surface area contributed by atoms with Crippen LogP contribution in [-0.4, -0.2) is 9.97 Å². The Morgan fingerprint density at radius 3 is 2.62 bits per heavy atom. The Bertz CT molecular complexity index is 909. The van der Waals surface area contributed by atoms with Crippen molar-refractivity contribution in [3.63, 3.8) is 0 Å². The van der Waals surface area contributed by atoms with Crippen molar-refractivity contribution in [3.05, 3.63) is 47.4 Å². The van der Waals surface area contributed by atoms with Crippen LogP contribution in [0.25, 0.3) is 22.2 Å². The molecule has 0 aliphatic rings. The lowest BCUT2D eigenvalue weighted by Crippen LogP contribution is -1.99. The van der Waals surface area contributed by atoms with E-state index in [1.165, 1.54) is 6.20 Å². The molecule has 2 aromatic heterocycles. The first-order valence-electron chi connectivity index (χ1n) is 5.84. The lowest BCUT2D eigenvalue weighted by molar-refractivity contribution is 0.591. The maximum absolute atomic E-state index is 13.7. The largest absolute Gasteiger partial charge is 0.381 e. The molecule has 0 aliphatic heterocycles. The first-order valence-corrected chi connectivity index (χ1v) is 5.84. The van der Waals surface area contributed by atoms with Crippen LogP contribution in [0.2, 0.25) is 0 Å². The fourth-order valence-corrected chi connectivity index (χ4v) is 2.14. The Morgan fingerprint density at radius 2 is 1.90 bits per heavy atom. The fourth-order valence-electron chi connectivity index (χ4n) is 2.14. The SMILES string of the molecule is N#Cc1cc(F)c(N)nc1-c1c[nH]c2c(F)cc(F)cc12. The van der Waals surface area contributed by atoms with E-state index in [0.717, 1.165) is 18.2 Å². The third kappa shape index (κ3) is 1.97. The number of aromatic nitrogens is 2. The number of pyridine rings is 1. The van der Waals surface area contributed by atoms with Crippen LogP contribution >= 0.6 is 0 Å². The molecule has 0 saturated carbocycles. The molecule has 0 fully saturated rings. The van der Waals surface area contributed by atoms with E-state index in [4.69, 9.17) is 11.0 Å². The van der Waals surface area contributed by atoms with E-state index in [1.807, 2.05) is 0 Å². The second kappa shape index (κ2) is 4.52. The van der Waals surface area contributed by atoms with Gasteiger partial charge in [0, 0.05) is 23.2 Å². The van der Waals surface area contributed by atoms with Crippen LogP contribution < -0.4 is 5.73 Å². The molecule has 0 bridgehead atoms. The van der Waals surface area contributed by atoms with Gasteiger partial charge in [-0.2, -0.15) is 5.26 Å². The van der Waals surface area contributed by atoms with E-state index in [2.05, 4.69) is 9.97 Å². The molecular formula is C14H7F3N4. The molecule has 21 heavy (non-hydrogen) atoms. The number of hydrogen-bond donors (Lipinski definition) is 2. The van der Waals surface area contributed by atoms with E-state index in [0.29, 0.717) is 0 Å². The van der Waals surface area contributed by atoms with Crippen molar-refractivity contribution < 1.29 is 13.2 Å². The maximum Gasteiger partial charge on any atom is 0.166 e. The topological polar surface area (TPSA) is 78.5 Å². The van der Waals surface area contributed by atoms with Gasteiger partial charge in [0.25, 0.3) is 0 Å². The Labute approximate surface area is 116 Å². The number of rotatable bonds is 1. The normalized spacial score (nSPS) is 10.8. The van der Waals surface area contributed by atoms with Gasteiger partial charge in [-0.1, -0.05) is 0 Å². The molecule has 0 saturated heterocycles. The highest BCUT2D eigenvalue weighted by molar-refractivity contribution is 5.96. The summed E-state index contributed by atoms with van der Waals surface area (Å²) in [6, 6.07) is 4.56. The molecular weight excluding hydrogens is 281 g/mol. The van der Waals surface area contributed by atoms with Crippen molar-refractivity contribution >= 4 is 16.7 Å². The molecule has 3 rings (SSSR count). The summed E-state index contributed by atoms with van der Waals surface area (Å²) in [6.45, 7) is 0. The number of hydrogen-bond acceptors (Lipinski definition) is 3. The van der Waals surface area contributed by atoms with Gasteiger partial charge in [0.2, 0.25) is 0 Å². The van der Waals surface area contributed by atoms with Crippen LogP contribution in [-0.2, 0) is 0 Å². The molecule has 0 amide bonds. The quantitative estimate of drug-likeness (QED) is 0.722. The van der Waals surface area contributed by atoms with Gasteiger partial charge in [-0.15, -0.1) is 0 Å². The third-order valence-corrected chi connectivity index (χ3v) is 3.08. The van der Waals surface area contributed by atoms with E-state index in [-0.39, 0.29) is 27.7 Å². The highest BCUT2D eigenvalue weighted by Gasteiger charge is 2.17. The van der Waals surface area contributed by atoms with Gasteiger partial charge in [-0.25, -0.2) is 18.2 Å². The maximum atomic E-state index is 13.7. The zero-order valence-electron chi connectivity index (χ0n) is 10.4. The highest BCUT2D eigenvalue weighted by Crippen LogP contribution is 2.32. The van der Waals surface area contributed by atoms with Gasteiger partial charge in [-0.05, 0) is 12.1 Å². The minimum absolute atomic E-state index is 0.0626. The molecule has 4 nitrogen and oxygen atoms in total. The summed E-state index contributed by atoms with van der Waals surface area (Å²) in [5.41, 5.74) is 5.73. The predicted octanol–water partition coefficient (Wildman–Crippen LogP) is 3.10. The van der Waals surface area contributed by atoms with Gasteiger partial charge in [0.1, 0.15) is 17.7 Å². The molecule has 2 heterocycles. The number of H-pyrrole nitrogens is 1. The van der Waals surface area contributed by atoms with E-state index in [9.17, 15) is 13.2 Å². The summed E-state index contributed by atoms with van der Waals surface area (Å²) in [4.78, 5) is 6.45. The number of anilines is 1. The first-order chi connectivity index (χ1) is 10.0. The molecule has 0 spiro atoms. The number of fused-ring (bicyclic) bond motifs is 1. The standard InChI is InChI=1S/C14H7F3N4/c15-7-2-8-9(5-20-13(8)10(16)3-7)12-6(4-18)1-11(17)14(19)21-12/h1-3,5,20H,(H2,19,21). The number of halogens is 3. The first kappa shape index (κ1) is 13.0. The van der Waals surface area contributed by atoms with Crippen molar-refractivity contribution in [1.29, 1.82) is 5.26 Å². The smallest absolute Gasteiger partial charge is 0.166 e. The number of nitriles is 1. The zero-order chi connectivity index (χ0) is 15.1. The highest BCUT2D eigenvalue weighted by atomic mass is 19.1. The van der Waals surface area contributed by atoms with Crippen LogP contribution in [0.3, 0.4) is 0 Å². The summed E-state index contributed by atoms with van der Waals surface area (Å²) in [7, 11) is 0. The summed E-state index contributed by atoms with van der Waals surface area (Å²) in [5, 5.41) is 9.25. The van der Waals surface area contributed by atoms with Gasteiger partial charge >= 0.3 is 0 Å². The van der Waals surface area contributed by atoms with Crippen molar-refractivity contribution in [1.82, 2.24) is 9.97 Å². The van der Waals surface area contributed by atoms with Gasteiger partial charge in [0.05, 0.1) is 16.8 Å². The molecule has 3 aromatic rings. The van der Waals surface area contributed by atoms with Crippen molar-refractivity contribution in [2.75, 3.05) is 5.73 Å². The number of aromatic amines is 1. The minimum atomic E-state index is -0.826. The van der Waals surface area contributed by atoms with Crippen LogP contribution in [0, 0.1) is 28.8 Å². The number of benzene rings is 1. The Balaban J connectivity index is 2.36. The van der Waals surface area contributed by atoms with Crippen molar-refractivity contribution in [3.8, 4) is 17.3 Å². The van der Waals surface area contributed by atoms with E-state index < -0.39 is 23.3 Å². The number of nitrogens with one attached hydrogen (secondary N) is 1. The van der Waals surface area contributed by atoms with Crippen LogP contribution in [0.4, 0.5) is 19.0 Å². The van der Waals surface area contributed by atoms with Crippen LogP contribution in [0.15, 0.2) is 24.4 Å². The Kier molecular flexibility index (Phi) is 2.80. The van der Waals surface area contributed by atoms with Crippen LogP contribution in [0.1, 0.15) is 5.56 Å². The number of nitrogens with zero attached hydrogens (tertiary/aromatic N) is 2. The molecule has 0 aliphatic carbocycles. The lowest BCUT2D eigenvalue weighted by Gasteiger charge is -2.04. The molecule has 104 valence electrons. The molecule has 3 N–H and O–H groups in total. The van der Waals surface area contributed by atoms with Crippen molar-refractivity contribution in [2.45, 2.75) is 0 Å². The lowest BCUT2D eigenvalue weighted by atomic mass is 10.0. The van der Waals surface area contributed by atoms with Gasteiger partial charge < -0.3 is 10.7 Å². The molecule has 0 atom stereocenters. The van der Waals surface area contributed by atoms with Gasteiger partial charge in [-0.3, -0.25) is 0 Å². The third-order valence-electron chi connectivity index (χ3n) is 3.08. The average molecular weight is 288 g/mol. The Hall–Kier alpha value is -3.01. The molecule has 7 heteroatoms. The molecule has 1 aromatic carbocycles. The van der Waals surface area contributed by atoms with Crippen molar-refractivity contribution in [2.24, 2.45) is 0 Å². The second-order valence-electron chi connectivity index (χ2n) is 4.38. The molecule has 0 unspecified atom stereocenters.